The van der Waals surface area contributed by atoms with Crippen LogP contribution in [0.25, 0.3) is 5.69 Å². The first-order chi connectivity index (χ1) is 15.0. The Morgan fingerprint density at radius 3 is 2.58 bits per heavy atom. The fourth-order valence-corrected chi connectivity index (χ4v) is 4.46. The Morgan fingerprint density at radius 2 is 1.87 bits per heavy atom. The minimum Gasteiger partial charge on any atom is -0.497 e. The van der Waals surface area contributed by atoms with Crippen LogP contribution in [0.3, 0.4) is 0 Å². The molecule has 0 atom stereocenters. The number of methoxy groups -OCH3 is 1. The fourth-order valence-electron chi connectivity index (χ4n) is 4.46. The molecule has 2 aliphatic rings. The van der Waals surface area contributed by atoms with E-state index in [0.717, 1.165) is 52.9 Å². The number of aryl methyl sites for hydroxylation is 3. The van der Waals surface area contributed by atoms with Gasteiger partial charge in [0.15, 0.2) is 5.82 Å². The first-order valence-corrected chi connectivity index (χ1v) is 10.5. The number of anilines is 3. The van der Waals surface area contributed by atoms with Gasteiger partial charge in [-0.05, 0) is 57.0 Å². The highest BCUT2D eigenvalue weighted by atomic mass is 16.5. The second-order valence-electron chi connectivity index (χ2n) is 8.08. The molecular formula is C23H26N6O2. The van der Waals surface area contributed by atoms with E-state index < -0.39 is 0 Å². The molecular weight excluding hydrogens is 392 g/mol. The van der Waals surface area contributed by atoms with Gasteiger partial charge in [-0.3, -0.25) is 4.90 Å². The molecule has 0 aliphatic carbocycles. The number of hydrogen-bond acceptors (Lipinski definition) is 5. The van der Waals surface area contributed by atoms with Crippen molar-refractivity contribution < 1.29 is 9.53 Å². The number of rotatable bonds is 4. The number of aromatic nitrogens is 3. The maximum Gasteiger partial charge on any atom is 0.323 e. The number of carbonyl (C=O) groups is 1. The van der Waals surface area contributed by atoms with Crippen molar-refractivity contribution in [2.45, 2.75) is 27.2 Å². The molecule has 2 aliphatic heterocycles. The summed E-state index contributed by atoms with van der Waals surface area (Å²) in [7, 11) is 1.68. The van der Waals surface area contributed by atoms with Crippen LogP contribution in [-0.4, -0.2) is 47.5 Å². The summed E-state index contributed by atoms with van der Waals surface area (Å²) in [6.45, 7) is 8.25. The van der Waals surface area contributed by atoms with Crippen LogP contribution in [0.4, 0.5) is 22.1 Å². The van der Waals surface area contributed by atoms with Gasteiger partial charge in [0.05, 0.1) is 12.8 Å². The van der Waals surface area contributed by atoms with Crippen molar-refractivity contribution in [1.82, 2.24) is 20.1 Å². The average molecular weight is 419 g/mol. The Kier molecular flexibility index (Phi) is 4.57. The zero-order valence-corrected chi connectivity index (χ0v) is 18.3. The van der Waals surface area contributed by atoms with Crippen molar-refractivity contribution in [3.8, 4) is 11.4 Å². The van der Waals surface area contributed by atoms with Crippen LogP contribution in [0.2, 0.25) is 0 Å². The van der Waals surface area contributed by atoms with Gasteiger partial charge in [-0.2, -0.15) is 0 Å². The second kappa shape index (κ2) is 7.30. The third-order valence-corrected chi connectivity index (χ3v) is 5.98. The van der Waals surface area contributed by atoms with E-state index in [4.69, 9.17) is 14.8 Å². The first-order valence-electron chi connectivity index (χ1n) is 10.5. The summed E-state index contributed by atoms with van der Waals surface area (Å²) in [6, 6.07) is 10.1. The van der Waals surface area contributed by atoms with E-state index in [1.807, 2.05) is 30.7 Å². The third-order valence-electron chi connectivity index (χ3n) is 5.98. The molecule has 3 aromatic rings. The van der Waals surface area contributed by atoms with Crippen LogP contribution in [0.15, 0.2) is 30.3 Å². The summed E-state index contributed by atoms with van der Waals surface area (Å²) in [6.07, 6.45) is 0.877. The third kappa shape index (κ3) is 3.19. The molecule has 1 fully saturated rings. The van der Waals surface area contributed by atoms with E-state index in [1.165, 1.54) is 5.56 Å². The van der Waals surface area contributed by atoms with Crippen LogP contribution < -0.4 is 19.9 Å². The fraction of sp³-hybridized carbons (Fsp3) is 0.348. The lowest BCUT2D eigenvalue weighted by atomic mass is 10.1. The Morgan fingerprint density at radius 1 is 1.03 bits per heavy atom. The minimum absolute atomic E-state index is 0.0954. The second-order valence-corrected chi connectivity index (χ2v) is 8.08. The summed E-state index contributed by atoms with van der Waals surface area (Å²) in [4.78, 5) is 20.9. The molecule has 0 spiro atoms. The van der Waals surface area contributed by atoms with E-state index in [9.17, 15) is 4.79 Å². The lowest BCUT2D eigenvalue weighted by Crippen LogP contribution is -2.28. The predicted octanol–water partition coefficient (Wildman–Crippen LogP) is 3.42. The average Bonchev–Trinajstić information content (AvgIpc) is 3.45. The predicted molar refractivity (Wildman–Crippen MR) is 120 cm³/mol. The maximum atomic E-state index is 12.1. The first kappa shape index (κ1) is 19.4. The summed E-state index contributed by atoms with van der Waals surface area (Å²) in [5.41, 5.74) is 6.40. The Bertz CT molecular complexity index is 1190. The quantitative estimate of drug-likeness (QED) is 0.703. The highest BCUT2D eigenvalue weighted by Gasteiger charge is 2.29. The molecule has 0 bridgehead atoms. The number of amides is 2. The van der Waals surface area contributed by atoms with Gasteiger partial charge >= 0.3 is 6.03 Å². The molecule has 4 heterocycles. The monoisotopic (exact) mass is 418 g/mol. The number of ether oxygens (including phenoxy) is 1. The number of pyridine rings is 1. The molecule has 1 N–H and O–H groups in total. The number of benzene rings is 1. The van der Waals surface area contributed by atoms with Gasteiger partial charge in [-0.15, -0.1) is 5.10 Å². The lowest BCUT2D eigenvalue weighted by Gasteiger charge is -2.22. The van der Waals surface area contributed by atoms with E-state index in [-0.39, 0.29) is 6.03 Å². The standard InChI is InChI=1S/C23H26N6O2/c1-14-11-17(31-4)5-6-19(14)27-9-7-18-20(12-15(2)25-22(18)27)29-16(3)13-21(26-29)28-10-8-24-23(28)30/h5-6,11-13H,7-10H2,1-4H3,(H,24,30). The van der Waals surface area contributed by atoms with E-state index in [1.54, 1.807) is 12.0 Å². The summed E-state index contributed by atoms with van der Waals surface area (Å²) >= 11 is 0. The van der Waals surface area contributed by atoms with Crippen LogP contribution in [0, 0.1) is 20.8 Å². The van der Waals surface area contributed by atoms with Gasteiger partial charge in [-0.25, -0.2) is 14.5 Å². The Labute approximate surface area is 181 Å². The Balaban J connectivity index is 1.57. The van der Waals surface area contributed by atoms with Gasteiger partial charge in [-0.1, -0.05) is 0 Å². The molecule has 1 saturated heterocycles. The van der Waals surface area contributed by atoms with Crippen molar-refractivity contribution in [2.24, 2.45) is 0 Å². The molecule has 0 unspecified atom stereocenters. The molecule has 5 rings (SSSR count). The van der Waals surface area contributed by atoms with Crippen molar-refractivity contribution >= 4 is 23.4 Å². The normalized spacial score (nSPS) is 15.4. The van der Waals surface area contributed by atoms with Crippen LogP contribution in [0.1, 0.15) is 22.5 Å². The smallest absolute Gasteiger partial charge is 0.323 e. The van der Waals surface area contributed by atoms with Gasteiger partial charge in [0, 0.05) is 48.3 Å². The zero-order valence-electron chi connectivity index (χ0n) is 18.3. The van der Waals surface area contributed by atoms with Crippen LogP contribution >= 0.6 is 0 Å². The topological polar surface area (TPSA) is 75.5 Å². The number of hydrogen-bond donors (Lipinski definition) is 1. The largest absolute Gasteiger partial charge is 0.497 e. The number of nitrogens with one attached hydrogen (secondary N) is 1. The molecule has 8 nitrogen and oxygen atoms in total. The highest BCUT2D eigenvalue weighted by molar-refractivity contribution is 5.93. The molecule has 2 amide bonds. The summed E-state index contributed by atoms with van der Waals surface area (Å²) in [5, 5.41) is 7.62. The summed E-state index contributed by atoms with van der Waals surface area (Å²) < 4.78 is 7.31. The molecule has 0 radical (unpaired) electrons. The number of nitrogens with zero attached hydrogens (tertiary/aromatic N) is 5. The van der Waals surface area contributed by atoms with Crippen LogP contribution in [-0.2, 0) is 6.42 Å². The Hall–Kier alpha value is -3.55. The van der Waals surface area contributed by atoms with Crippen LogP contribution in [0.5, 0.6) is 5.75 Å². The van der Waals surface area contributed by atoms with Gasteiger partial charge < -0.3 is 15.0 Å². The number of carbonyl (C=O) groups excluding carboxylic acids is 1. The number of fused-ring (bicyclic) bond motifs is 1. The maximum absolute atomic E-state index is 12.1. The van der Waals surface area contributed by atoms with Crippen molar-refractivity contribution in [3.05, 3.63) is 52.8 Å². The molecule has 160 valence electrons. The minimum atomic E-state index is -0.0954. The van der Waals surface area contributed by atoms with Crippen molar-refractivity contribution in [2.75, 3.05) is 36.5 Å². The molecule has 8 heteroatoms. The van der Waals surface area contributed by atoms with Gasteiger partial charge in [0.25, 0.3) is 0 Å². The van der Waals surface area contributed by atoms with E-state index in [0.29, 0.717) is 18.9 Å². The van der Waals surface area contributed by atoms with Gasteiger partial charge in [0.2, 0.25) is 0 Å². The SMILES string of the molecule is COc1ccc(N2CCc3c(-n4nc(N5CCNC5=O)cc4C)cc(C)nc32)c(C)c1. The van der Waals surface area contributed by atoms with E-state index >= 15 is 0 Å². The van der Waals surface area contributed by atoms with E-state index in [2.05, 4.69) is 35.3 Å². The zero-order chi connectivity index (χ0) is 21.7. The van der Waals surface area contributed by atoms with Crippen molar-refractivity contribution in [3.63, 3.8) is 0 Å². The number of urea groups is 1. The molecule has 1 aromatic carbocycles. The molecule has 2 aromatic heterocycles. The lowest BCUT2D eigenvalue weighted by molar-refractivity contribution is 0.252. The summed E-state index contributed by atoms with van der Waals surface area (Å²) in [5.74, 6) is 2.50. The molecule has 31 heavy (non-hydrogen) atoms. The van der Waals surface area contributed by atoms with Crippen molar-refractivity contribution in [1.29, 1.82) is 0 Å². The molecule has 0 saturated carbocycles. The van der Waals surface area contributed by atoms with Gasteiger partial charge in [0.1, 0.15) is 11.6 Å². The highest BCUT2D eigenvalue weighted by Crippen LogP contribution is 2.39.